The zero-order valence-electron chi connectivity index (χ0n) is 7.85. The summed E-state index contributed by atoms with van der Waals surface area (Å²) in [5.74, 6) is 0.273. The number of hydrogen-bond donors (Lipinski definition) is 3. The smallest absolute Gasteiger partial charge is 0.115 e. The van der Waals surface area contributed by atoms with E-state index in [4.69, 9.17) is 10.2 Å². The number of β-amino-alcohol motifs (C(OH)–C–C–N with tert-alkyl or cyclic N) is 1. The van der Waals surface area contributed by atoms with Crippen molar-refractivity contribution in [2.24, 2.45) is 0 Å². The van der Waals surface area contributed by atoms with E-state index in [1.807, 2.05) is 12.1 Å². The fourth-order valence-corrected chi connectivity index (χ4v) is 1.45. The monoisotopic (exact) mass is 194 g/mol. The van der Waals surface area contributed by atoms with Crippen LogP contribution in [-0.4, -0.2) is 41.0 Å². The van der Waals surface area contributed by atoms with E-state index >= 15 is 0 Å². The first-order chi connectivity index (χ1) is 6.74. The van der Waals surface area contributed by atoms with Crippen molar-refractivity contribution < 1.29 is 10.2 Å². The van der Waals surface area contributed by atoms with Crippen LogP contribution < -0.4 is 5.32 Å². The molecule has 0 atom stereocenters. The number of aliphatic hydroxyl groups excluding tert-OH is 1. The van der Waals surface area contributed by atoms with Gasteiger partial charge in [0.1, 0.15) is 5.75 Å². The molecule has 1 fully saturated rings. The summed E-state index contributed by atoms with van der Waals surface area (Å²) in [6.45, 7) is 2.22. The molecule has 1 heterocycles. The molecule has 1 aliphatic rings. The van der Waals surface area contributed by atoms with Crippen molar-refractivity contribution in [3.8, 4) is 5.75 Å². The lowest BCUT2D eigenvalue weighted by atomic mass is 10.2. The summed E-state index contributed by atoms with van der Waals surface area (Å²) in [7, 11) is 0. The largest absolute Gasteiger partial charge is 0.508 e. The zero-order chi connectivity index (χ0) is 9.97. The van der Waals surface area contributed by atoms with Gasteiger partial charge in [-0.15, -0.1) is 0 Å². The molecular formula is C10H14N2O2. The lowest BCUT2D eigenvalue weighted by Crippen LogP contribution is -2.52. The Balaban J connectivity index is 1.78. The van der Waals surface area contributed by atoms with Crippen molar-refractivity contribution in [2.75, 3.05) is 25.1 Å². The Morgan fingerprint density at radius 1 is 1.29 bits per heavy atom. The Labute approximate surface area is 82.8 Å². The summed E-state index contributed by atoms with van der Waals surface area (Å²) in [5.41, 5.74) is 0.976. The molecule has 1 aromatic rings. The highest BCUT2D eigenvalue weighted by atomic mass is 16.3. The lowest BCUT2D eigenvalue weighted by molar-refractivity contribution is 0.00712. The van der Waals surface area contributed by atoms with E-state index in [9.17, 15) is 0 Å². The fourth-order valence-electron chi connectivity index (χ4n) is 1.45. The van der Waals surface area contributed by atoms with E-state index in [2.05, 4.69) is 10.2 Å². The van der Waals surface area contributed by atoms with E-state index in [0.717, 1.165) is 25.4 Å². The SMILES string of the molecule is Oc1ccc(NCN2CC(O)C2)cc1. The van der Waals surface area contributed by atoms with Crippen molar-refractivity contribution in [1.29, 1.82) is 0 Å². The number of hydrogen-bond acceptors (Lipinski definition) is 4. The molecule has 0 unspecified atom stereocenters. The highest BCUT2D eigenvalue weighted by Crippen LogP contribution is 2.14. The molecule has 76 valence electrons. The maximum atomic E-state index is 9.05. The van der Waals surface area contributed by atoms with Gasteiger partial charge in [0.25, 0.3) is 0 Å². The Hall–Kier alpha value is -1.26. The van der Waals surface area contributed by atoms with Gasteiger partial charge >= 0.3 is 0 Å². The second kappa shape index (κ2) is 3.86. The fraction of sp³-hybridized carbons (Fsp3) is 0.400. The molecule has 0 aromatic heterocycles. The van der Waals surface area contributed by atoms with Gasteiger partial charge in [-0.2, -0.15) is 0 Å². The molecule has 4 nitrogen and oxygen atoms in total. The number of nitrogens with one attached hydrogen (secondary N) is 1. The van der Waals surface area contributed by atoms with Crippen LogP contribution in [-0.2, 0) is 0 Å². The molecular weight excluding hydrogens is 180 g/mol. The number of anilines is 1. The Bertz CT molecular complexity index is 293. The predicted octanol–water partition coefficient (Wildman–Crippen LogP) is 0.438. The molecule has 1 saturated heterocycles. The van der Waals surface area contributed by atoms with Crippen LogP contribution >= 0.6 is 0 Å². The average Bonchev–Trinajstić information content (AvgIpc) is 2.13. The van der Waals surface area contributed by atoms with Crippen molar-refractivity contribution in [1.82, 2.24) is 4.90 Å². The van der Waals surface area contributed by atoms with E-state index in [0.29, 0.717) is 0 Å². The molecule has 0 bridgehead atoms. The van der Waals surface area contributed by atoms with Gasteiger partial charge in [0.05, 0.1) is 12.8 Å². The van der Waals surface area contributed by atoms with Gasteiger partial charge in [-0.25, -0.2) is 0 Å². The standard InChI is InChI=1S/C10H14N2O2/c13-9-3-1-8(2-4-9)11-7-12-5-10(14)6-12/h1-4,10-11,13-14H,5-7H2. The molecule has 0 saturated carbocycles. The number of benzene rings is 1. The van der Waals surface area contributed by atoms with E-state index in [1.165, 1.54) is 0 Å². The Morgan fingerprint density at radius 2 is 1.93 bits per heavy atom. The second-order valence-electron chi connectivity index (χ2n) is 3.57. The summed E-state index contributed by atoms with van der Waals surface area (Å²) in [5, 5.41) is 21.3. The molecule has 0 spiro atoms. The third-order valence-electron chi connectivity index (χ3n) is 2.31. The number of phenols is 1. The number of nitrogens with zero attached hydrogens (tertiary/aromatic N) is 1. The highest BCUT2D eigenvalue weighted by Gasteiger charge is 2.23. The predicted molar refractivity (Wildman–Crippen MR) is 54.2 cm³/mol. The van der Waals surface area contributed by atoms with Crippen LogP contribution in [0, 0.1) is 0 Å². The molecule has 1 aromatic carbocycles. The van der Waals surface area contributed by atoms with Gasteiger partial charge in [0, 0.05) is 18.8 Å². The number of phenolic OH excluding ortho intramolecular Hbond substituents is 1. The summed E-state index contributed by atoms with van der Waals surface area (Å²) < 4.78 is 0. The first-order valence-corrected chi connectivity index (χ1v) is 4.67. The molecule has 1 aliphatic heterocycles. The van der Waals surface area contributed by atoms with Crippen LogP contribution in [0.2, 0.25) is 0 Å². The molecule has 0 radical (unpaired) electrons. The minimum atomic E-state index is -0.156. The summed E-state index contributed by atoms with van der Waals surface area (Å²) in [6.07, 6.45) is -0.156. The highest BCUT2D eigenvalue weighted by molar-refractivity contribution is 5.45. The minimum Gasteiger partial charge on any atom is -0.508 e. The third-order valence-corrected chi connectivity index (χ3v) is 2.31. The second-order valence-corrected chi connectivity index (χ2v) is 3.57. The lowest BCUT2D eigenvalue weighted by Gasteiger charge is -2.35. The third kappa shape index (κ3) is 2.16. The summed E-state index contributed by atoms with van der Waals surface area (Å²) >= 11 is 0. The molecule has 4 heteroatoms. The topological polar surface area (TPSA) is 55.7 Å². The van der Waals surface area contributed by atoms with Gasteiger partial charge in [-0.1, -0.05) is 0 Å². The minimum absolute atomic E-state index is 0.156. The number of aliphatic hydroxyl groups is 1. The van der Waals surface area contributed by atoms with Crippen molar-refractivity contribution in [3.63, 3.8) is 0 Å². The van der Waals surface area contributed by atoms with Crippen LogP contribution in [0.1, 0.15) is 0 Å². The van der Waals surface area contributed by atoms with E-state index < -0.39 is 0 Å². The van der Waals surface area contributed by atoms with Crippen molar-refractivity contribution in [2.45, 2.75) is 6.10 Å². The van der Waals surface area contributed by atoms with E-state index in [-0.39, 0.29) is 11.9 Å². The zero-order valence-corrected chi connectivity index (χ0v) is 7.85. The van der Waals surface area contributed by atoms with E-state index in [1.54, 1.807) is 12.1 Å². The molecule has 0 amide bonds. The summed E-state index contributed by atoms with van der Waals surface area (Å²) in [6, 6.07) is 6.94. The van der Waals surface area contributed by atoms with Gasteiger partial charge in [-0.05, 0) is 24.3 Å². The summed E-state index contributed by atoms with van der Waals surface area (Å²) in [4.78, 5) is 2.11. The molecule has 14 heavy (non-hydrogen) atoms. The molecule has 0 aliphatic carbocycles. The normalized spacial score (nSPS) is 17.8. The Kier molecular flexibility index (Phi) is 2.56. The van der Waals surface area contributed by atoms with Crippen molar-refractivity contribution >= 4 is 5.69 Å². The average molecular weight is 194 g/mol. The first kappa shape index (κ1) is 9.30. The number of likely N-dealkylation sites (tertiary alicyclic amines) is 1. The number of rotatable bonds is 3. The van der Waals surface area contributed by atoms with Gasteiger partial charge in [0.15, 0.2) is 0 Å². The van der Waals surface area contributed by atoms with Crippen LogP contribution in [0.4, 0.5) is 5.69 Å². The molecule has 3 N–H and O–H groups in total. The quantitative estimate of drug-likeness (QED) is 0.611. The van der Waals surface area contributed by atoms with Gasteiger partial charge in [-0.3, -0.25) is 4.90 Å². The van der Waals surface area contributed by atoms with Gasteiger partial charge < -0.3 is 15.5 Å². The van der Waals surface area contributed by atoms with Crippen LogP contribution in [0.15, 0.2) is 24.3 Å². The van der Waals surface area contributed by atoms with Crippen LogP contribution in [0.3, 0.4) is 0 Å². The maximum absolute atomic E-state index is 9.05. The first-order valence-electron chi connectivity index (χ1n) is 4.67. The maximum Gasteiger partial charge on any atom is 0.115 e. The van der Waals surface area contributed by atoms with Crippen LogP contribution in [0.25, 0.3) is 0 Å². The van der Waals surface area contributed by atoms with Crippen molar-refractivity contribution in [3.05, 3.63) is 24.3 Å². The number of aromatic hydroxyl groups is 1. The Morgan fingerprint density at radius 3 is 2.50 bits per heavy atom. The molecule has 2 rings (SSSR count). The van der Waals surface area contributed by atoms with Gasteiger partial charge in [0.2, 0.25) is 0 Å². The van der Waals surface area contributed by atoms with Crippen LogP contribution in [0.5, 0.6) is 5.75 Å².